The van der Waals surface area contributed by atoms with Crippen molar-refractivity contribution in [3.05, 3.63) is 41.2 Å². The maximum Gasteiger partial charge on any atom is 0.273 e. The molecule has 0 bridgehead atoms. The second-order valence-electron chi connectivity index (χ2n) is 5.40. The highest BCUT2D eigenvalue weighted by molar-refractivity contribution is 7.13. The Labute approximate surface area is 138 Å². The Kier molecular flexibility index (Phi) is 5.00. The van der Waals surface area contributed by atoms with Gasteiger partial charge in [0.15, 0.2) is 0 Å². The number of β-amino-alcohol motifs (C(OH)–C–C–N with tert-alkyl or cyclic N) is 1. The first-order valence-electron chi connectivity index (χ1n) is 7.51. The zero-order valence-corrected chi connectivity index (χ0v) is 13.4. The van der Waals surface area contributed by atoms with Gasteiger partial charge in [-0.15, -0.1) is 11.3 Å². The summed E-state index contributed by atoms with van der Waals surface area (Å²) in [4.78, 5) is 20.8. The fourth-order valence-electron chi connectivity index (χ4n) is 2.58. The molecule has 0 radical (unpaired) electrons. The van der Waals surface area contributed by atoms with Gasteiger partial charge in [-0.1, -0.05) is 0 Å². The highest BCUT2D eigenvalue weighted by atomic mass is 32.1. The zero-order valence-electron chi connectivity index (χ0n) is 12.6. The van der Waals surface area contributed by atoms with Gasteiger partial charge in [0.05, 0.1) is 6.61 Å². The summed E-state index contributed by atoms with van der Waals surface area (Å²) in [6, 6.07) is 6.10. The van der Waals surface area contributed by atoms with Crippen LogP contribution in [0, 0.1) is 5.82 Å². The van der Waals surface area contributed by atoms with E-state index in [1.807, 2.05) is 0 Å². The predicted molar refractivity (Wildman–Crippen MR) is 86.9 cm³/mol. The minimum atomic E-state index is -0.289. The van der Waals surface area contributed by atoms with E-state index in [0.717, 1.165) is 18.7 Å². The summed E-state index contributed by atoms with van der Waals surface area (Å²) in [7, 11) is 0. The van der Waals surface area contributed by atoms with Gasteiger partial charge < -0.3 is 10.0 Å². The van der Waals surface area contributed by atoms with Gasteiger partial charge in [-0.3, -0.25) is 9.69 Å². The van der Waals surface area contributed by atoms with Crippen LogP contribution in [0.15, 0.2) is 29.6 Å². The number of halogens is 1. The van der Waals surface area contributed by atoms with Crippen LogP contribution >= 0.6 is 11.3 Å². The Hall–Kier alpha value is -1.83. The van der Waals surface area contributed by atoms with Crippen molar-refractivity contribution in [3.63, 3.8) is 0 Å². The van der Waals surface area contributed by atoms with Crippen molar-refractivity contribution in [2.45, 2.75) is 0 Å². The molecule has 1 saturated heterocycles. The highest BCUT2D eigenvalue weighted by Crippen LogP contribution is 2.24. The minimum absolute atomic E-state index is 0.0711. The molecule has 1 aromatic heterocycles. The Bertz CT molecular complexity index is 666. The topological polar surface area (TPSA) is 56.7 Å². The lowest BCUT2D eigenvalue weighted by Crippen LogP contribution is -2.49. The average molecular weight is 335 g/mol. The summed E-state index contributed by atoms with van der Waals surface area (Å²) < 4.78 is 13.0. The van der Waals surface area contributed by atoms with E-state index in [0.29, 0.717) is 30.3 Å². The summed E-state index contributed by atoms with van der Waals surface area (Å²) in [6.07, 6.45) is 0. The van der Waals surface area contributed by atoms with Gasteiger partial charge in [0.2, 0.25) is 0 Å². The normalized spacial score (nSPS) is 15.8. The number of piperazine rings is 1. The maximum absolute atomic E-state index is 13.0. The monoisotopic (exact) mass is 335 g/mol. The third kappa shape index (κ3) is 3.74. The highest BCUT2D eigenvalue weighted by Gasteiger charge is 2.23. The molecule has 0 aliphatic carbocycles. The summed E-state index contributed by atoms with van der Waals surface area (Å²) in [5, 5.41) is 11.4. The van der Waals surface area contributed by atoms with Crippen LogP contribution in [0.4, 0.5) is 4.39 Å². The van der Waals surface area contributed by atoms with Gasteiger partial charge >= 0.3 is 0 Å². The van der Waals surface area contributed by atoms with Crippen molar-refractivity contribution in [2.75, 3.05) is 39.3 Å². The summed E-state index contributed by atoms with van der Waals surface area (Å²) in [5.74, 6) is -0.361. The smallest absolute Gasteiger partial charge is 0.273 e. The number of rotatable bonds is 4. The molecule has 1 fully saturated rings. The molecule has 122 valence electrons. The summed E-state index contributed by atoms with van der Waals surface area (Å²) >= 11 is 1.38. The summed E-state index contributed by atoms with van der Waals surface area (Å²) in [6.45, 7) is 3.60. The standard InChI is InChI=1S/C16H18FN3O2S/c17-13-3-1-12(2-4-13)15-18-14(11-23-15)16(22)20-7-5-19(6-8-20)9-10-21/h1-4,11,21H,5-10H2. The summed E-state index contributed by atoms with van der Waals surface area (Å²) in [5.41, 5.74) is 1.24. The molecule has 0 saturated carbocycles. The molecule has 7 heteroatoms. The van der Waals surface area contributed by atoms with Gasteiger partial charge in [-0.25, -0.2) is 9.37 Å². The predicted octanol–water partition coefficient (Wildman–Crippen LogP) is 1.70. The molecule has 0 atom stereocenters. The van der Waals surface area contributed by atoms with Crippen LogP contribution in [0.25, 0.3) is 10.6 Å². The fourth-order valence-corrected chi connectivity index (χ4v) is 3.38. The molecule has 1 aromatic carbocycles. The molecule has 1 aliphatic heterocycles. The van der Waals surface area contributed by atoms with Crippen molar-refractivity contribution in [1.82, 2.24) is 14.8 Å². The van der Waals surface area contributed by atoms with Gasteiger partial charge in [0.25, 0.3) is 5.91 Å². The van der Waals surface area contributed by atoms with E-state index < -0.39 is 0 Å². The number of amides is 1. The van der Waals surface area contributed by atoms with Gasteiger partial charge in [-0.2, -0.15) is 0 Å². The lowest BCUT2D eigenvalue weighted by molar-refractivity contribution is 0.0610. The molecule has 1 aliphatic rings. The number of aliphatic hydroxyl groups is 1. The van der Waals surface area contributed by atoms with E-state index in [2.05, 4.69) is 9.88 Å². The van der Waals surface area contributed by atoms with Crippen LogP contribution in [0.2, 0.25) is 0 Å². The Morgan fingerprint density at radius 2 is 1.91 bits per heavy atom. The van der Waals surface area contributed by atoms with Gasteiger partial charge in [0, 0.05) is 43.7 Å². The molecule has 1 amide bonds. The van der Waals surface area contributed by atoms with Crippen LogP contribution < -0.4 is 0 Å². The zero-order chi connectivity index (χ0) is 16.2. The van der Waals surface area contributed by atoms with E-state index in [9.17, 15) is 9.18 Å². The number of aromatic nitrogens is 1. The lowest BCUT2D eigenvalue weighted by Gasteiger charge is -2.33. The minimum Gasteiger partial charge on any atom is -0.395 e. The van der Waals surface area contributed by atoms with Gasteiger partial charge in [0.1, 0.15) is 16.5 Å². The maximum atomic E-state index is 13.0. The first-order valence-corrected chi connectivity index (χ1v) is 8.39. The number of hydrogen-bond donors (Lipinski definition) is 1. The molecule has 1 N–H and O–H groups in total. The molecule has 2 aromatic rings. The van der Waals surface area contributed by atoms with Crippen molar-refractivity contribution in [3.8, 4) is 10.6 Å². The molecule has 3 rings (SSSR count). The number of hydrogen-bond acceptors (Lipinski definition) is 5. The average Bonchev–Trinajstić information content (AvgIpc) is 3.06. The molecule has 23 heavy (non-hydrogen) atoms. The number of nitrogens with zero attached hydrogens (tertiary/aromatic N) is 3. The third-order valence-electron chi connectivity index (χ3n) is 3.89. The molecule has 0 unspecified atom stereocenters. The third-order valence-corrected chi connectivity index (χ3v) is 4.78. The largest absolute Gasteiger partial charge is 0.395 e. The van der Waals surface area contributed by atoms with E-state index >= 15 is 0 Å². The van der Waals surface area contributed by atoms with E-state index in [4.69, 9.17) is 5.11 Å². The Morgan fingerprint density at radius 3 is 2.57 bits per heavy atom. The quantitative estimate of drug-likeness (QED) is 0.924. The first-order chi connectivity index (χ1) is 11.2. The second kappa shape index (κ2) is 7.16. The molecular weight excluding hydrogens is 317 g/mol. The second-order valence-corrected chi connectivity index (χ2v) is 6.26. The van der Waals surface area contributed by atoms with Crippen LogP contribution in [0.3, 0.4) is 0 Å². The number of carbonyl (C=O) groups is 1. The van der Waals surface area contributed by atoms with E-state index in [-0.39, 0.29) is 18.3 Å². The molecule has 2 heterocycles. The van der Waals surface area contributed by atoms with Crippen LogP contribution in [0.5, 0.6) is 0 Å². The van der Waals surface area contributed by atoms with Crippen molar-refractivity contribution < 1.29 is 14.3 Å². The van der Waals surface area contributed by atoms with E-state index in [1.54, 1.807) is 22.4 Å². The van der Waals surface area contributed by atoms with Crippen molar-refractivity contribution in [1.29, 1.82) is 0 Å². The van der Waals surface area contributed by atoms with Crippen molar-refractivity contribution in [2.24, 2.45) is 0 Å². The van der Waals surface area contributed by atoms with Crippen LogP contribution in [-0.2, 0) is 0 Å². The number of aliphatic hydroxyl groups excluding tert-OH is 1. The molecule has 0 spiro atoms. The fraction of sp³-hybridized carbons (Fsp3) is 0.375. The van der Waals surface area contributed by atoms with Gasteiger partial charge in [-0.05, 0) is 24.3 Å². The number of carbonyl (C=O) groups excluding carboxylic acids is 1. The number of thiazole rings is 1. The first kappa shape index (κ1) is 16.0. The lowest BCUT2D eigenvalue weighted by atomic mass is 10.2. The number of benzene rings is 1. The molecular formula is C16H18FN3O2S. The Morgan fingerprint density at radius 1 is 1.22 bits per heavy atom. The Balaban J connectivity index is 1.66. The SMILES string of the molecule is O=C(c1csc(-c2ccc(F)cc2)n1)N1CCN(CCO)CC1. The van der Waals surface area contributed by atoms with E-state index in [1.165, 1.54) is 23.5 Å². The molecule has 5 nitrogen and oxygen atoms in total. The van der Waals surface area contributed by atoms with Crippen LogP contribution in [-0.4, -0.2) is 65.1 Å². The van der Waals surface area contributed by atoms with Crippen molar-refractivity contribution >= 4 is 17.2 Å². The van der Waals surface area contributed by atoms with Crippen LogP contribution in [0.1, 0.15) is 10.5 Å².